The first-order chi connectivity index (χ1) is 19.2. The highest BCUT2D eigenvalue weighted by Gasteiger charge is 2.20. The van der Waals surface area contributed by atoms with E-state index in [0.29, 0.717) is 35.7 Å². The lowest BCUT2D eigenvalue weighted by atomic mass is 9.85. The second kappa shape index (κ2) is 12.3. The molecule has 0 radical (unpaired) electrons. The van der Waals surface area contributed by atoms with Gasteiger partial charge < -0.3 is 25.8 Å². The summed E-state index contributed by atoms with van der Waals surface area (Å²) in [6.45, 7) is 6.66. The number of benzene rings is 3. The van der Waals surface area contributed by atoms with Gasteiger partial charge in [-0.05, 0) is 53.5 Å². The first-order valence-electron chi connectivity index (χ1n) is 13.0. The number of nitrogens with two attached hydrogens (primary N) is 1. The summed E-state index contributed by atoms with van der Waals surface area (Å²) >= 11 is 0. The highest BCUT2D eigenvalue weighted by Crippen LogP contribution is 2.37. The average molecular weight is 539 g/mol. The van der Waals surface area contributed by atoms with E-state index in [0.717, 1.165) is 27.8 Å². The summed E-state index contributed by atoms with van der Waals surface area (Å²) in [5, 5.41) is 7.60. The number of hydrogen-bond donors (Lipinski definition) is 3. The minimum Gasteiger partial charge on any atom is -0.494 e. The van der Waals surface area contributed by atoms with Gasteiger partial charge in [0.2, 0.25) is 5.91 Å². The van der Waals surface area contributed by atoms with Crippen LogP contribution in [0.4, 0.5) is 16.2 Å². The number of carbonyl (C=O) groups is 2. The van der Waals surface area contributed by atoms with E-state index in [1.807, 2.05) is 66.7 Å². The maximum absolute atomic E-state index is 13.2. The molecule has 0 fully saturated rings. The Bertz CT molecular complexity index is 1540. The van der Waals surface area contributed by atoms with Crippen LogP contribution in [0, 0.1) is 0 Å². The number of hydrogen-bond acceptors (Lipinski definition) is 5. The molecule has 0 saturated carbocycles. The van der Waals surface area contributed by atoms with Gasteiger partial charge in [-0.2, -0.15) is 0 Å². The Morgan fingerprint density at radius 1 is 0.950 bits per heavy atom. The molecule has 8 heteroatoms. The molecular weight excluding hydrogens is 504 g/mol. The van der Waals surface area contributed by atoms with Crippen LogP contribution in [0.15, 0.2) is 79.0 Å². The van der Waals surface area contributed by atoms with Crippen LogP contribution in [0.1, 0.15) is 37.6 Å². The number of nitrogens with one attached hydrogen (secondary N) is 2. The van der Waals surface area contributed by atoms with Crippen molar-refractivity contribution >= 4 is 40.2 Å². The van der Waals surface area contributed by atoms with Gasteiger partial charge in [0, 0.05) is 40.7 Å². The Hall–Kier alpha value is -4.85. The van der Waals surface area contributed by atoms with Gasteiger partial charge in [0.25, 0.3) is 0 Å². The Labute approximate surface area is 234 Å². The minimum absolute atomic E-state index is 0.225. The van der Waals surface area contributed by atoms with Gasteiger partial charge in [-0.25, -0.2) is 4.79 Å². The molecule has 0 aliphatic carbocycles. The predicted molar refractivity (Wildman–Crippen MR) is 160 cm³/mol. The maximum atomic E-state index is 13.2. The molecular formula is C32H34N4O4. The summed E-state index contributed by atoms with van der Waals surface area (Å²) in [6, 6.07) is 20.6. The summed E-state index contributed by atoms with van der Waals surface area (Å²) in [6.07, 6.45) is 5.30. The summed E-state index contributed by atoms with van der Waals surface area (Å²) in [4.78, 5) is 29.0. The van der Waals surface area contributed by atoms with Crippen molar-refractivity contribution in [3.05, 3.63) is 95.8 Å². The van der Waals surface area contributed by atoms with Crippen molar-refractivity contribution in [2.45, 2.75) is 32.6 Å². The number of carbonyl (C=O) groups excluding carboxylic acids is 2. The van der Waals surface area contributed by atoms with Gasteiger partial charge in [0.1, 0.15) is 11.5 Å². The van der Waals surface area contributed by atoms with E-state index in [2.05, 4.69) is 36.4 Å². The van der Waals surface area contributed by atoms with Crippen molar-refractivity contribution in [3.8, 4) is 11.5 Å². The third-order valence-electron chi connectivity index (χ3n) is 6.34. The molecule has 3 amide bonds. The molecule has 206 valence electrons. The predicted octanol–water partition coefficient (Wildman–Crippen LogP) is 6.30. The van der Waals surface area contributed by atoms with E-state index in [4.69, 9.17) is 15.2 Å². The van der Waals surface area contributed by atoms with Crippen molar-refractivity contribution in [2.75, 3.05) is 24.4 Å². The SMILES string of the molecule is COc1c(/C=C/C(N)=O)cc(C(C)(C)C)cc1NC(=O)Nc1ccc(OCCc2ccccn2)c2ccccc12. The normalized spacial score (nSPS) is 11.4. The van der Waals surface area contributed by atoms with Gasteiger partial charge in [-0.15, -0.1) is 0 Å². The van der Waals surface area contributed by atoms with Crippen LogP contribution in [-0.2, 0) is 16.6 Å². The zero-order valence-corrected chi connectivity index (χ0v) is 23.2. The van der Waals surface area contributed by atoms with Crippen LogP contribution in [-0.4, -0.2) is 30.6 Å². The first-order valence-corrected chi connectivity index (χ1v) is 13.0. The molecule has 40 heavy (non-hydrogen) atoms. The van der Waals surface area contributed by atoms with Crippen molar-refractivity contribution in [1.82, 2.24) is 4.98 Å². The Balaban J connectivity index is 1.57. The number of methoxy groups -OCH3 is 1. The fourth-order valence-electron chi connectivity index (χ4n) is 4.29. The molecule has 1 heterocycles. The first kappa shape index (κ1) is 28.2. The average Bonchev–Trinajstić information content (AvgIpc) is 2.92. The van der Waals surface area contributed by atoms with Crippen LogP contribution in [0.3, 0.4) is 0 Å². The minimum atomic E-state index is -0.577. The van der Waals surface area contributed by atoms with Crippen LogP contribution in [0.2, 0.25) is 0 Å². The highest BCUT2D eigenvalue weighted by atomic mass is 16.5. The van der Waals surface area contributed by atoms with Crippen LogP contribution < -0.4 is 25.8 Å². The van der Waals surface area contributed by atoms with Gasteiger partial charge in [0.15, 0.2) is 0 Å². The number of aromatic nitrogens is 1. The number of nitrogens with zero attached hydrogens (tertiary/aromatic N) is 1. The van der Waals surface area contributed by atoms with Crippen molar-refractivity contribution in [1.29, 1.82) is 0 Å². The highest BCUT2D eigenvalue weighted by molar-refractivity contribution is 6.08. The topological polar surface area (TPSA) is 116 Å². The fraction of sp³-hybridized carbons (Fsp3) is 0.219. The number of ether oxygens (including phenoxy) is 2. The molecule has 4 N–H and O–H groups in total. The Kier molecular flexibility index (Phi) is 8.69. The molecule has 0 bridgehead atoms. The number of amides is 3. The monoisotopic (exact) mass is 538 g/mol. The van der Waals surface area contributed by atoms with E-state index in [1.165, 1.54) is 13.2 Å². The molecule has 3 aromatic carbocycles. The molecule has 1 aromatic heterocycles. The molecule has 0 aliphatic heterocycles. The van der Waals surface area contributed by atoms with Gasteiger partial charge in [-0.3, -0.25) is 9.78 Å². The third kappa shape index (κ3) is 6.96. The van der Waals surface area contributed by atoms with Gasteiger partial charge in [0.05, 0.1) is 25.1 Å². The molecule has 0 saturated heterocycles. The van der Waals surface area contributed by atoms with Crippen LogP contribution >= 0.6 is 0 Å². The summed E-state index contributed by atoms with van der Waals surface area (Å²) in [5.74, 6) is 0.566. The molecule has 8 nitrogen and oxygen atoms in total. The molecule has 0 atom stereocenters. The zero-order chi connectivity index (χ0) is 28.7. The maximum Gasteiger partial charge on any atom is 0.323 e. The summed E-state index contributed by atoms with van der Waals surface area (Å²) in [7, 11) is 1.51. The molecule has 0 spiro atoms. The second-order valence-corrected chi connectivity index (χ2v) is 10.3. The van der Waals surface area contributed by atoms with E-state index in [9.17, 15) is 9.59 Å². The summed E-state index contributed by atoms with van der Waals surface area (Å²) in [5.41, 5.74) is 8.72. The molecule has 0 unspecified atom stereocenters. The number of anilines is 2. The molecule has 0 aliphatic rings. The third-order valence-corrected chi connectivity index (χ3v) is 6.34. The Morgan fingerprint density at radius 3 is 2.35 bits per heavy atom. The summed E-state index contributed by atoms with van der Waals surface area (Å²) < 4.78 is 11.7. The van der Waals surface area contributed by atoms with E-state index in [-0.39, 0.29) is 5.41 Å². The largest absolute Gasteiger partial charge is 0.494 e. The number of fused-ring (bicyclic) bond motifs is 1. The van der Waals surface area contributed by atoms with Crippen LogP contribution in [0.25, 0.3) is 16.8 Å². The van der Waals surface area contributed by atoms with Crippen molar-refractivity contribution < 1.29 is 19.1 Å². The lowest BCUT2D eigenvalue weighted by Gasteiger charge is -2.23. The number of primary amides is 1. The zero-order valence-electron chi connectivity index (χ0n) is 23.2. The molecule has 4 rings (SSSR count). The van der Waals surface area contributed by atoms with Crippen LogP contribution in [0.5, 0.6) is 11.5 Å². The van der Waals surface area contributed by atoms with Gasteiger partial charge in [-0.1, -0.05) is 51.1 Å². The quantitative estimate of drug-likeness (QED) is 0.216. The lowest BCUT2D eigenvalue weighted by Crippen LogP contribution is -2.21. The number of pyridine rings is 1. The number of rotatable bonds is 9. The van der Waals surface area contributed by atoms with Crippen molar-refractivity contribution in [3.63, 3.8) is 0 Å². The standard InChI is InChI=1S/C32H34N4O4/c1-32(2,3)22-19-21(12-15-29(33)37)30(39-4)27(20-22)36-31(38)35-26-13-14-28(25-11-6-5-10-24(25)26)40-18-16-23-9-7-8-17-34-23/h5-15,17,19-20H,16,18H2,1-4H3,(H2,33,37)(H2,35,36,38)/b15-12+. The number of urea groups is 1. The molecule has 4 aromatic rings. The smallest absolute Gasteiger partial charge is 0.323 e. The van der Waals surface area contributed by atoms with E-state index < -0.39 is 11.9 Å². The fourth-order valence-corrected chi connectivity index (χ4v) is 4.29. The van der Waals surface area contributed by atoms with Crippen molar-refractivity contribution in [2.24, 2.45) is 5.73 Å². The van der Waals surface area contributed by atoms with E-state index >= 15 is 0 Å². The van der Waals surface area contributed by atoms with Gasteiger partial charge >= 0.3 is 6.03 Å². The Morgan fingerprint density at radius 2 is 1.68 bits per heavy atom. The van der Waals surface area contributed by atoms with E-state index in [1.54, 1.807) is 12.3 Å². The second-order valence-electron chi connectivity index (χ2n) is 10.3. The lowest BCUT2D eigenvalue weighted by molar-refractivity contribution is -0.113.